The largest absolute Gasteiger partial charge is 0.349 e. The minimum atomic E-state index is -0.607. The second kappa shape index (κ2) is 7.45. The maximum atomic E-state index is 12.7. The summed E-state index contributed by atoms with van der Waals surface area (Å²) in [5.41, 5.74) is -0.331. The van der Waals surface area contributed by atoms with Gasteiger partial charge in [0.15, 0.2) is 11.2 Å². The summed E-state index contributed by atoms with van der Waals surface area (Å²) in [7, 11) is 2.80. The van der Waals surface area contributed by atoms with Gasteiger partial charge in [-0.15, -0.1) is 0 Å². The van der Waals surface area contributed by atoms with Crippen molar-refractivity contribution in [3.63, 3.8) is 0 Å². The number of carbonyl (C=O) groups is 2. The molecule has 1 aliphatic carbocycles. The van der Waals surface area contributed by atoms with E-state index in [4.69, 9.17) is 11.6 Å². The number of amides is 2. The van der Waals surface area contributed by atoms with Crippen LogP contribution in [0.5, 0.6) is 0 Å². The molecule has 1 aliphatic rings. The van der Waals surface area contributed by atoms with Gasteiger partial charge in [0, 0.05) is 20.1 Å². The number of imidazole rings is 1. The summed E-state index contributed by atoms with van der Waals surface area (Å²) in [4.78, 5) is 53.8. The Bertz CT molecular complexity index is 1300. The van der Waals surface area contributed by atoms with E-state index in [1.54, 1.807) is 24.3 Å². The monoisotopic (exact) mass is 430 g/mol. The molecular formula is C19H19ClN6O4. The third kappa shape index (κ3) is 3.50. The molecule has 1 aromatic carbocycles. The van der Waals surface area contributed by atoms with Crippen LogP contribution in [0.4, 0.5) is 5.69 Å². The van der Waals surface area contributed by atoms with Crippen LogP contribution in [-0.2, 0) is 25.4 Å². The van der Waals surface area contributed by atoms with E-state index in [9.17, 15) is 19.2 Å². The van der Waals surface area contributed by atoms with Crippen molar-refractivity contribution < 1.29 is 9.59 Å². The molecule has 0 atom stereocenters. The zero-order valence-electron chi connectivity index (χ0n) is 16.3. The lowest BCUT2D eigenvalue weighted by Crippen LogP contribution is -2.38. The molecule has 2 aromatic heterocycles. The van der Waals surface area contributed by atoms with Crippen LogP contribution in [-0.4, -0.2) is 36.5 Å². The molecule has 0 radical (unpaired) electrons. The van der Waals surface area contributed by atoms with Crippen LogP contribution < -0.4 is 21.9 Å². The molecule has 0 saturated heterocycles. The van der Waals surface area contributed by atoms with Crippen molar-refractivity contribution in [2.75, 3.05) is 5.32 Å². The van der Waals surface area contributed by atoms with Crippen molar-refractivity contribution in [1.29, 1.82) is 0 Å². The highest BCUT2D eigenvalue weighted by Gasteiger charge is 2.25. The molecule has 2 amide bonds. The molecule has 0 unspecified atom stereocenters. The van der Waals surface area contributed by atoms with Crippen LogP contribution in [0.1, 0.15) is 23.2 Å². The second-order valence-corrected chi connectivity index (χ2v) is 7.52. The average molecular weight is 431 g/mol. The van der Waals surface area contributed by atoms with Gasteiger partial charge in [-0.1, -0.05) is 12.1 Å². The van der Waals surface area contributed by atoms with E-state index in [1.165, 1.54) is 23.2 Å². The van der Waals surface area contributed by atoms with E-state index < -0.39 is 17.2 Å². The van der Waals surface area contributed by atoms with Gasteiger partial charge in [0.25, 0.3) is 11.5 Å². The third-order valence-electron chi connectivity index (χ3n) is 4.96. The first-order valence-corrected chi connectivity index (χ1v) is 9.67. The van der Waals surface area contributed by atoms with Crippen molar-refractivity contribution in [1.82, 2.24) is 24.0 Å². The Morgan fingerprint density at radius 3 is 2.57 bits per heavy atom. The van der Waals surface area contributed by atoms with Gasteiger partial charge in [0.05, 0.1) is 11.3 Å². The Morgan fingerprint density at radius 2 is 1.87 bits per heavy atom. The summed E-state index contributed by atoms with van der Waals surface area (Å²) in [5.74, 6) is -0.762. The number of rotatable bonds is 5. The first kappa shape index (κ1) is 19.9. The van der Waals surface area contributed by atoms with Crippen molar-refractivity contribution in [2.24, 2.45) is 14.1 Å². The number of benzene rings is 1. The van der Waals surface area contributed by atoms with Gasteiger partial charge in [-0.05, 0) is 36.6 Å². The van der Waals surface area contributed by atoms with Crippen LogP contribution in [0, 0.1) is 0 Å². The quantitative estimate of drug-likeness (QED) is 0.575. The molecule has 1 saturated carbocycles. The summed E-state index contributed by atoms with van der Waals surface area (Å²) in [6.07, 6.45) is 1.90. The highest BCUT2D eigenvalue weighted by atomic mass is 35.5. The van der Waals surface area contributed by atoms with Crippen LogP contribution in [0.15, 0.2) is 33.9 Å². The zero-order valence-corrected chi connectivity index (χ0v) is 17.1. The van der Waals surface area contributed by atoms with Crippen molar-refractivity contribution in [3.05, 3.63) is 56.0 Å². The maximum Gasteiger partial charge on any atom is 0.332 e. The van der Waals surface area contributed by atoms with Gasteiger partial charge >= 0.3 is 5.69 Å². The minimum Gasteiger partial charge on any atom is -0.349 e. The number of nitrogens with one attached hydrogen (secondary N) is 2. The van der Waals surface area contributed by atoms with Gasteiger partial charge in [0.2, 0.25) is 11.2 Å². The molecule has 4 rings (SSSR count). The SMILES string of the molecule is Cn1c(=O)c2c(nc(Cl)n2CC(=O)Nc2ccccc2C(=O)NC2CC2)n(C)c1=O. The molecule has 0 spiro atoms. The molecule has 1 fully saturated rings. The number of nitrogens with zero attached hydrogens (tertiary/aromatic N) is 4. The number of aryl methyl sites for hydroxylation is 1. The first-order valence-electron chi connectivity index (χ1n) is 9.29. The second-order valence-electron chi connectivity index (χ2n) is 7.19. The maximum absolute atomic E-state index is 12.7. The molecule has 11 heteroatoms. The predicted octanol–water partition coefficient (Wildman–Crippen LogP) is 0.618. The topological polar surface area (TPSA) is 120 Å². The lowest BCUT2D eigenvalue weighted by atomic mass is 10.1. The van der Waals surface area contributed by atoms with Gasteiger partial charge in [-0.3, -0.25) is 28.1 Å². The van der Waals surface area contributed by atoms with E-state index in [0.717, 1.165) is 17.4 Å². The molecule has 2 N–H and O–H groups in total. The average Bonchev–Trinajstić information content (AvgIpc) is 3.47. The fraction of sp³-hybridized carbons (Fsp3) is 0.316. The van der Waals surface area contributed by atoms with Crippen LogP contribution >= 0.6 is 11.6 Å². The fourth-order valence-electron chi connectivity index (χ4n) is 3.18. The summed E-state index contributed by atoms with van der Waals surface area (Å²) in [6.45, 7) is -0.318. The predicted molar refractivity (Wildman–Crippen MR) is 111 cm³/mol. The highest BCUT2D eigenvalue weighted by molar-refractivity contribution is 6.29. The molecule has 0 bridgehead atoms. The lowest BCUT2D eigenvalue weighted by Gasteiger charge is -2.12. The van der Waals surface area contributed by atoms with Crippen LogP contribution in [0.25, 0.3) is 11.2 Å². The number of hydrogen-bond donors (Lipinski definition) is 2. The molecular weight excluding hydrogens is 412 g/mol. The zero-order chi connectivity index (χ0) is 21.6. The number of halogens is 1. The highest BCUT2D eigenvalue weighted by Crippen LogP contribution is 2.22. The number of hydrogen-bond acceptors (Lipinski definition) is 5. The van der Waals surface area contributed by atoms with Crippen molar-refractivity contribution in [2.45, 2.75) is 25.4 Å². The van der Waals surface area contributed by atoms with Crippen LogP contribution in [0.3, 0.4) is 0 Å². The number of fused-ring (bicyclic) bond motifs is 1. The van der Waals surface area contributed by atoms with Gasteiger partial charge in [0.1, 0.15) is 6.54 Å². The van der Waals surface area contributed by atoms with Crippen molar-refractivity contribution >= 4 is 40.3 Å². The Balaban J connectivity index is 1.64. The smallest absolute Gasteiger partial charge is 0.332 e. The number of carbonyl (C=O) groups excluding carboxylic acids is 2. The van der Waals surface area contributed by atoms with Gasteiger partial charge in [-0.2, -0.15) is 4.98 Å². The molecule has 0 aliphatic heterocycles. The van der Waals surface area contributed by atoms with E-state index >= 15 is 0 Å². The molecule has 2 heterocycles. The minimum absolute atomic E-state index is 0.0412. The summed E-state index contributed by atoms with van der Waals surface area (Å²) in [6, 6.07) is 6.84. The van der Waals surface area contributed by atoms with Gasteiger partial charge < -0.3 is 10.6 Å². The van der Waals surface area contributed by atoms with E-state index in [-0.39, 0.29) is 34.9 Å². The molecule has 156 valence electrons. The molecule has 10 nitrogen and oxygen atoms in total. The lowest BCUT2D eigenvalue weighted by molar-refractivity contribution is -0.116. The Morgan fingerprint density at radius 1 is 1.17 bits per heavy atom. The van der Waals surface area contributed by atoms with Crippen molar-refractivity contribution in [3.8, 4) is 0 Å². The Hall–Kier alpha value is -3.40. The summed E-state index contributed by atoms with van der Waals surface area (Å²) >= 11 is 6.15. The normalized spacial score (nSPS) is 13.4. The summed E-state index contributed by atoms with van der Waals surface area (Å²) in [5, 5.41) is 5.48. The van der Waals surface area contributed by atoms with E-state index in [0.29, 0.717) is 11.3 Å². The van der Waals surface area contributed by atoms with E-state index in [1.807, 2.05) is 0 Å². The van der Waals surface area contributed by atoms with Crippen LogP contribution in [0.2, 0.25) is 5.28 Å². The number of aromatic nitrogens is 4. The number of anilines is 1. The fourth-order valence-corrected chi connectivity index (χ4v) is 3.40. The Labute approximate surface area is 175 Å². The van der Waals surface area contributed by atoms with Gasteiger partial charge in [-0.25, -0.2) is 4.79 Å². The summed E-state index contributed by atoms with van der Waals surface area (Å²) < 4.78 is 3.35. The number of para-hydroxylation sites is 1. The molecule has 3 aromatic rings. The third-order valence-corrected chi connectivity index (χ3v) is 5.25. The molecule has 30 heavy (non-hydrogen) atoms. The standard InChI is InChI=1S/C19H19ClN6O4/c1-24-15-14(17(29)25(2)19(24)30)26(18(20)23-15)9-13(27)22-12-6-4-3-5-11(12)16(28)21-10-7-8-10/h3-6,10H,7-9H2,1-2H3,(H,21,28)(H,22,27). The first-order chi connectivity index (χ1) is 14.3. The van der Waals surface area contributed by atoms with E-state index in [2.05, 4.69) is 15.6 Å². The Kier molecular flexibility index (Phi) is 4.94.